The predicted octanol–water partition coefficient (Wildman–Crippen LogP) is 0.290. The van der Waals surface area contributed by atoms with Crippen LogP contribution in [0.25, 0.3) is 0 Å². The van der Waals surface area contributed by atoms with E-state index in [0.717, 1.165) is 12.2 Å². The number of thioether (sulfide) groups is 1. The predicted molar refractivity (Wildman–Crippen MR) is 88.8 cm³/mol. The highest BCUT2D eigenvalue weighted by atomic mass is 32.2. The van der Waals surface area contributed by atoms with Gasteiger partial charge >= 0.3 is 0 Å². The molecule has 1 saturated heterocycles. The molecule has 0 spiro atoms. The summed E-state index contributed by atoms with van der Waals surface area (Å²) in [7, 11) is 0. The third-order valence-electron chi connectivity index (χ3n) is 3.33. The standard InChI is InChI=1S/C15H25N3O4S/c1-3-8-23-11-9-14(21)18(15(11)22)7-5-6-12(19)17-10-13(20)16-4-2/h11H,3-10H2,1-2H3,(H,16,20)(H,17,19). The van der Waals surface area contributed by atoms with Crippen LogP contribution in [0.15, 0.2) is 0 Å². The Hall–Kier alpha value is -1.57. The molecule has 1 unspecified atom stereocenters. The quantitative estimate of drug-likeness (QED) is 0.556. The van der Waals surface area contributed by atoms with Gasteiger partial charge in [-0.15, -0.1) is 11.8 Å². The highest BCUT2D eigenvalue weighted by Gasteiger charge is 2.38. The first-order valence-corrected chi connectivity index (χ1v) is 9.03. The Morgan fingerprint density at radius 2 is 1.96 bits per heavy atom. The van der Waals surface area contributed by atoms with Gasteiger partial charge in [-0.1, -0.05) is 6.92 Å². The second kappa shape index (κ2) is 10.3. The monoisotopic (exact) mass is 343 g/mol. The van der Waals surface area contributed by atoms with E-state index in [9.17, 15) is 19.2 Å². The molecule has 0 aliphatic carbocycles. The number of nitrogens with one attached hydrogen (secondary N) is 2. The van der Waals surface area contributed by atoms with Crippen LogP contribution in [0.5, 0.6) is 0 Å². The Kier molecular flexibility index (Phi) is 8.68. The summed E-state index contributed by atoms with van der Waals surface area (Å²) in [4.78, 5) is 48.1. The lowest BCUT2D eigenvalue weighted by atomic mass is 10.3. The van der Waals surface area contributed by atoms with Crippen molar-refractivity contribution in [2.24, 2.45) is 0 Å². The smallest absolute Gasteiger partial charge is 0.242 e. The molecule has 0 radical (unpaired) electrons. The van der Waals surface area contributed by atoms with E-state index >= 15 is 0 Å². The minimum Gasteiger partial charge on any atom is -0.355 e. The summed E-state index contributed by atoms with van der Waals surface area (Å²) >= 11 is 1.52. The Bertz CT molecular complexity index is 456. The zero-order valence-corrected chi connectivity index (χ0v) is 14.5. The summed E-state index contributed by atoms with van der Waals surface area (Å²) in [6.45, 7) is 4.56. The van der Waals surface area contributed by atoms with Gasteiger partial charge in [0.05, 0.1) is 11.8 Å². The lowest BCUT2D eigenvalue weighted by molar-refractivity contribution is -0.138. The molecule has 1 heterocycles. The van der Waals surface area contributed by atoms with Gasteiger partial charge in [-0.25, -0.2) is 0 Å². The lowest BCUT2D eigenvalue weighted by Gasteiger charge is -2.14. The number of hydrogen-bond acceptors (Lipinski definition) is 5. The zero-order chi connectivity index (χ0) is 17.2. The number of carbonyl (C=O) groups excluding carboxylic acids is 4. The van der Waals surface area contributed by atoms with Gasteiger partial charge in [-0.05, 0) is 25.5 Å². The van der Waals surface area contributed by atoms with Gasteiger partial charge < -0.3 is 10.6 Å². The summed E-state index contributed by atoms with van der Waals surface area (Å²) < 4.78 is 0. The third kappa shape index (κ3) is 6.60. The van der Waals surface area contributed by atoms with Crippen LogP contribution in [0.2, 0.25) is 0 Å². The maximum atomic E-state index is 12.1. The van der Waals surface area contributed by atoms with Gasteiger partial charge in [0.15, 0.2) is 0 Å². The molecule has 1 atom stereocenters. The Morgan fingerprint density at radius 1 is 1.22 bits per heavy atom. The fourth-order valence-electron chi connectivity index (χ4n) is 2.20. The topological polar surface area (TPSA) is 95.6 Å². The molecule has 7 nitrogen and oxygen atoms in total. The molecule has 0 aromatic heterocycles. The number of imide groups is 1. The van der Waals surface area contributed by atoms with Crippen LogP contribution in [0.1, 0.15) is 39.5 Å². The summed E-state index contributed by atoms with van der Waals surface area (Å²) in [5.41, 5.74) is 0. The number of amides is 4. The molecular weight excluding hydrogens is 318 g/mol. The van der Waals surface area contributed by atoms with Gasteiger partial charge in [0.1, 0.15) is 0 Å². The van der Waals surface area contributed by atoms with Crippen molar-refractivity contribution in [2.75, 3.05) is 25.4 Å². The van der Waals surface area contributed by atoms with E-state index in [0.29, 0.717) is 13.0 Å². The van der Waals surface area contributed by atoms with Gasteiger partial charge in [0.25, 0.3) is 0 Å². The number of likely N-dealkylation sites (tertiary alicyclic amines) is 1. The van der Waals surface area contributed by atoms with Crippen molar-refractivity contribution in [2.45, 2.75) is 44.8 Å². The molecule has 0 aromatic rings. The van der Waals surface area contributed by atoms with Crippen LogP contribution in [0, 0.1) is 0 Å². The van der Waals surface area contributed by atoms with Crippen LogP contribution >= 0.6 is 11.8 Å². The minimum absolute atomic E-state index is 0.0516. The molecule has 0 aromatic carbocycles. The summed E-state index contributed by atoms with van der Waals surface area (Å²) in [6.07, 6.45) is 1.81. The third-order valence-corrected chi connectivity index (χ3v) is 4.75. The molecule has 1 aliphatic heterocycles. The van der Waals surface area contributed by atoms with E-state index in [1.165, 1.54) is 16.7 Å². The first-order chi connectivity index (χ1) is 11.0. The largest absolute Gasteiger partial charge is 0.355 e. The fourth-order valence-corrected chi connectivity index (χ4v) is 3.25. The molecular formula is C15H25N3O4S. The van der Waals surface area contributed by atoms with Crippen LogP contribution in [-0.4, -0.2) is 59.2 Å². The highest BCUT2D eigenvalue weighted by Crippen LogP contribution is 2.25. The second-order valence-corrected chi connectivity index (χ2v) is 6.59. The van der Waals surface area contributed by atoms with Crippen molar-refractivity contribution in [3.05, 3.63) is 0 Å². The fraction of sp³-hybridized carbons (Fsp3) is 0.733. The van der Waals surface area contributed by atoms with Gasteiger partial charge in [0, 0.05) is 25.9 Å². The Labute approximate surface area is 140 Å². The highest BCUT2D eigenvalue weighted by molar-refractivity contribution is 8.00. The number of hydrogen-bond donors (Lipinski definition) is 2. The van der Waals surface area contributed by atoms with Gasteiger partial charge in [0.2, 0.25) is 23.6 Å². The average molecular weight is 343 g/mol. The van der Waals surface area contributed by atoms with E-state index in [-0.39, 0.29) is 54.8 Å². The molecule has 23 heavy (non-hydrogen) atoms. The minimum atomic E-state index is -0.269. The van der Waals surface area contributed by atoms with Gasteiger partial charge in [-0.2, -0.15) is 0 Å². The Balaban J connectivity index is 2.27. The Morgan fingerprint density at radius 3 is 2.61 bits per heavy atom. The molecule has 1 aliphatic rings. The van der Waals surface area contributed by atoms with Crippen LogP contribution in [0.4, 0.5) is 0 Å². The first-order valence-electron chi connectivity index (χ1n) is 7.98. The van der Waals surface area contributed by atoms with Crippen molar-refractivity contribution < 1.29 is 19.2 Å². The van der Waals surface area contributed by atoms with Gasteiger partial charge in [-0.3, -0.25) is 24.1 Å². The molecule has 8 heteroatoms. The summed E-state index contributed by atoms with van der Waals surface area (Å²) in [5, 5.41) is 4.82. The number of carbonyl (C=O) groups is 4. The molecule has 2 N–H and O–H groups in total. The van der Waals surface area contributed by atoms with Crippen molar-refractivity contribution in [1.29, 1.82) is 0 Å². The maximum Gasteiger partial charge on any atom is 0.242 e. The molecule has 0 saturated carbocycles. The maximum absolute atomic E-state index is 12.1. The summed E-state index contributed by atoms with van der Waals surface area (Å²) in [5.74, 6) is 0.0658. The van der Waals surface area contributed by atoms with Crippen molar-refractivity contribution in [3.63, 3.8) is 0 Å². The molecule has 0 bridgehead atoms. The molecule has 1 rings (SSSR count). The van der Waals surface area contributed by atoms with E-state index in [2.05, 4.69) is 10.6 Å². The van der Waals surface area contributed by atoms with Crippen LogP contribution < -0.4 is 10.6 Å². The van der Waals surface area contributed by atoms with E-state index < -0.39 is 0 Å². The van der Waals surface area contributed by atoms with E-state index in [1.54, 1.807) is 6.92 Å². The van der Waals surface area contributed by atoms with Crippen molar-refractivity contribution >= 4 is 35.4 Å². The zero-order valence-electron chi connectivity index (χ0n) is 13.7. The molecule has 130 valence electrons. The number of rotatable bonds is 10. The van der Waals surface area contributed by atoms with Crippen LogP contribution in [0.3, 0.4) is 0 Å². The second-order valence-electron chi connectivity index (χ2n) is 5.28. The molecule has 1 fully saturated rings. The van der Waals surface area contributed by atoms with Crippen molar-refractivity contribution in [1.82, 2.24) is 15.5 Å². The van der Waals surface area contributed by atoms with E-state index in [4.69, 9.17) is 0 Å². The molecule has 4 amide bonds. The van der Waals surface area contributed by atoms with Crippen molar-refractivity contribution in [3.8, 4) is 0 Å². The lowest BCUT2D eigenvalue weighted by Crippen LogP contribution is -2.37. The number of likely N-dealkylation sites (N-methyl/N-ethyl adjacent to an activating group) is 1. The average Bonchev–Trinajstić information content (AvgIpc) is 2.78. The van der Waals surface area contributed by atoms with Crippen LogP contribution in [-0.2, 0) is 19.2 Å². The SMILES string of the molecule is CCCSC1CC(=O)N(CCCC(=O)NCC(=O)NCC)C1=O. The summed E-state index contributed by atoms with van der Waals surface area (Å²) in [6, 6.07) is 0. The normalized spacial score (nSPS) is 17.5. The van der Waals surface area contributed by atoms with E-state index in [1.807, 2.05) is 6.92 Å². The first kappa shape index (κ1) is 19.5. The number of nitrogens with zero attached hydrogens (tertiary/aromatic N) is 1.